The van der Waals surface area contributed by atoms with E-state index in [9.17, 15) is 4.79 Å². The van der Waals surface area contributed by atoms with Gasteiger partial charge in [0.1, 0.15) is 0 Å². The zero-order valence-corrected chi connectivity index (χ0v) is 23.7. The maximum atomic E-state index is 12.5. The summed E-state index contributed by atoms with van der Waals surface area (Å²) in [7, 11) is 0. The minimum atomic E-state index is -0.00418. The van der Waals surface area contributed by atoms with Gasteiger partial charge in [-0.15, -0.1) is 0 Å². The van der Waals surface area contributed by atoms with Crippen LogP contribution in [0.4, 0.5) is 5.69 Å². The molecule has 1 aliphatic heterocycles. The third-order valence-electron chi connectivity index (χ3n) is 7.75. The fraction of sp³-hybridized carbons (Fsp3) is 0.469. The Morgan fingerprint density at radius 3 is 2.32 bits per heavy atom. The van der Waals surface area contributed by atoms with Crippen LogP contribution in [0.2, 0.25) is 0 Å². The second kappa shape index (κ2) is 13.2. The van der Waals surface area contributed by atoms with Crippen LogP contribution in [0.15, 0.2) is 47.3 Å². The highest BCUT2D eigenvalue weighted by Gasteiger charge is 2.23. The molecule has 6 heteroatoms. The number of aromatic nitrogens is 1. The summed E-state index contributed by atoms with van der Waals surface area (Å²) >= 11 is 0. The minimum absolute atomic E-state index is 0.00418. The number of rotatable bonds is 11. The van der Waals surface area contributed by atoms with Gasteiger partial charge in [-0.25, -0.2) is 0 Å². The van der Waals surface area contributed by atoms with E-state index in [4.69, 9.17) is 4.74 Å². The molecule has 2 heterocycles. The van der Waals surface area contributed by atoms with Crippen molar-refractivity contribution in [3.63, 3.8) is 0 Å². The average molecular weight is 517 g/mol. The number of hydrogen-bond acceptors (Lipinski definition) is 5. The maximum absolute atomic E-state index is 12.5. The van der Waals surface area contributed by atoms with Gasteiger partial charge in [-0.2, -0.15) is 0 Å². The van der Waals surface area contributed by atoms with Crippen molar-refractivity contribution in [1.29, 1.82) is 0 Å². The SMILES string of the molecule is CCNCc1ccc(-c2cc(CNCc3c(C)cc(C)[nH]c3=O)c(C)c(N(CC)C3CCOCC3)c2)cc1. The van der Waals surface area contributed by atoms with Gasteiger partial charge in [0.05, 0.1) is 0 Å². The summed E-state index contributed by atoms with van der Waals surface area (Å²) in [6.07, 6.45) is 2.11. The molecule has 0 bridgehead atoms. The number of pyridine rings is 1. The van der Waals surface area contributed by atoms with Crippen LogP contribution in [-0.2, 0) is 24.4 Å². The third kappa shape index (κ3) is 6.73. The molecule has 0 unspecified atom stereocenters. The van der Waals surface area contributed by atoms with E-state index in [0.717, 1.165) is 62.5 Å². The number of ether oxygens (including phenoxy) is 1. The van der Waals surface area contributed by atoms with Gasteiger partial charge in [0.25, 0.3) is 5.56 Å². The first-order valence-electron chi connectivity index (χ1n) is 14.1. The predicted octanol–water partition coefficient (Wildman–Crippen LogP) is 5.37. The maximum Gasteiger partial charge on any atom is 0.252 e. The molecule has 1 aliphatic rings. The van der Waals surface area contributed by atoms with Crippen LogP contribution in [0.25, 0.3) is 11.1 Å². The van der Waals surface area contributed by atoms with Crippen molar-refractivity contribution >= 4 is 5.69 Å². The third-order valence-corrected chi connectivity index (χ3v) is 7.75. The summed E-state index contributed by atoms with van der Waals surface area (Å²) < 4.78 is 5.67. The molecule has 0 amide bonds. The first kappa shape index (κ1) is 28.1. The summed E-state index contributed by atoms with van der Waals surface area (Å²) in [6.45, 7) is 16.2. The second-order valence-electron chi connectivity index (χ2n) is 10.4. The molecule has 4 rings (SSSR count). The van der Waals surface area contributed by atoms with Crippen molar-refractivity contribution in [3.8, 4) is 11.1 Å². The minimum Gasteiger partial charge on any atom is -0.381 e. The van der Waals surface area contributed by atoms with E-state index in [-0.39, 0.29) is 5.56 Å². The van der Waals surface area contributed by atoms with Gasteiger partial charge in [-0.1, -0.05) is 31.2 Å². The Morgan fingerprint density at radius 1 is 0.921 bits per heavy atom. The molecule has 0 atom stereocenters. The van der Waals surface area contributed by atoms with Crippen LogP contribution >= 0.6 is 0 Å². The molecule has 1 saturated heterocycles. The Bertz CT molecular complexity index is 1260. The molecule has 0 spiro atoms. The molecule has 0 radical (unpaired) electrons. The van der Waals surface area contributed by atoms with Gasteiger partial charge in [-0.05, 0) is 98.7 Å². The van der Waals surface area contributed by atoms with E-state index in [0.29, 0.717) is 19.1 Å². The molecule has 3 N–H and O–H groups in total. The fourth-order valence-electron chi connectivity index (χ4n) is 5.54. The van der Waals surface area contributed by atoms with Gasteiger partial charge in [-0.3, -0.25) is 4.79 Å². The number of aryl methyl sites for hydroxylation is 2. The van der Waals surface area contributed by atoms with E-state index in [1.165, 1.54) is 33.5 Å². The van der Waals surface area contributed by atoms with Crippen LogP contribution in [0, 0.1) is 20.8 Å². The van der Waals surface area contributed by atoms with Gasteiger partial charge < -0.3 is 25.3 Å². The molecule has 3 aromatic rings. The Balaban J connectivity index is 1.65. The summed E-state index contributed by atoms with van der Waals surface area (Å²) in [5.74, 6) is 0. The van der Waals surface area contributed by atoms with Gasteiger partial charge in [0.2, 0.25) is 0 Å². The first-order valence-corrected chi connectivity index (χ1v) is 14.1. The number of benzene rings is 2. The van der Waals surface area contributed by atoms with Gasteiger partial charge >= 0.3 is 0 Å². The molecule has 0 saturated carbocycles. The normalized spacial score (nSPS) is 14.1. The molecular formula is C32H44N4O2. The average Bonchev–Trinajstić information content (AvgIpc) is 2.92. The second-order valence-corrected chi connectivity index (χ2v) is 10.4. The highest BCUT2D eigenvalue weighted by atomic mass is 16.5. The number of H-pyrrole nitrogens is 1. The Kier molecular flexibility index (Phi) is 9.78. The van der Waals surface area contributed by atoms with E-state index in [2.05, 4.69) is 77.7 Å². The van der Waals surface area contributed by atoms with Crippen LogP contribution in [-0.4, -0.2) is 37.3 Å². The Hall–Kier alpha value is -2.93. The van der Waals surface area contributed by atoms with Crippen molar-refractivity contribution in [2.75, 3.05) is 31.2 Å². The quantitative estimate of drug-likeness (QED) is 0.320. The number of hydrogen-bond donors (Lipinski definition) is 3. The lowest BCUT2D eigenvalue weighted by Gasteiger charge is -2.37. The zero-order chi connectivity index (χ0) is 27.1. The van der Waals surface area contributed by atoms with Crippen LogP contribution < -0.4 is 21.1 Å². The molecular weight excluding hydrogens is 472 g/mol. The molecule has 38 heavy (non-hydrogen) atoms. The van der Waals surface area contributed by atoms with Crippen molar-refractivity contribution in [1.82, 2.24) is 15.6 Å². The van der Waals surface area contributed by atoms with Crippen LogP contribution in [0.3, 0.4) is 0 Å². The zero-order valence-electron chi connectivity index (χ0n) is 23.7. The van der Waals surface area contributed by atoms with Gasteiger partial charge in [0.15, 0.2) is 0 Å². The van der Waals surface area contributed by atoms with E-state index in [1.54, 1.807) is 0 Å². The molecule has 6 nitrogen and oxygen atoms in total. The lowest BCUT2D eigenvalue weighted by Crippen LogP contribution is -2.40. The topological polar surface area (TPSA) is 69.4 Å². The largest absolute Gasteiger partial charge is 0.381 e. The number of anilines is 1. The lowest BCUT2D eigenvalue weighted by molar-refractivity contribution is 0.0846. The van der Waals surface area contributed by atoms with E-state index < -0.39 is 0 Å². The molecule has 1 aromatic heterocycles. The highest BCUT2D eigenvalue weighted by molar-refractivity contribution is 5.73. The Labute approximate surface area is 227 Å². The lowest BCUT2D eigenvalue weighted by atomic mass is 9.95. The summed E-state index contributed by atoms with van der Waals surface area (Å²) in [5, 5.41) is 6.97. The van der Waals surface area contributed by atoms with Crippen molar-refractivity contribution in [2.45, 2.75) is 73.1 Å². The van der Waals surface area contributed by atoms with E-state index in [1.807, 2.05) is 19.9 Å². The van der Waals surface area contributed by atoms with Crippen molar-refractivity contribution in [3.05, 3.63) is 86.3 Å². The Morgan fingerprint density at radius 2 is 1.66 bits per heavy atom. The van der Waals surface area contributed by atoms with Crippen molar-refractivity contribution in [2.24, 2.45) is 0 Å². The smallest absolute Gasteiger partial charge is 0.252 e. The first-order chi connectivity index (χ1) is 18.4. The van der Waals surface area contributed by atoms with Crippen molar-refractivity contribution < 1.29 is 4.74 Å². The monoisotopic (exact) mass is 516 g/mol. The molecule has 204 valence electrons. The summed E-state index contributed by atoms with van der Waals surface area (Å²) in [4.78, 5) is 18.1. The fourth-order valence-corrected chi connectivity index (χ4v) is 5.54. The summed E-state index contributed by atoms with van der Waals surface area (Å²) in [6, 6.07) is 16.1. The molecule has 1 fully saturated rings. The number of nitrogens with zero attached hydrogens (tertiary/aromatic N) is 1. The predicted molar refractivity (Wildman–Crippen MR) is 158 cm³/mol. The number of nitrogens with one attached hydrogen (secondary N) is 3. The molecule has 0 aliphatic carbocycles. The number of aromatic amines is 1. The van der Waals surface area contributed by atoms with Crippen LogP contribution in [0.1, 0.15) is 60.2 Å². The molecule has 2 aromatic carbocycles. The van der Waals surface area contributed by atoms with Gasteiger partial charge in [0, 0.05) is 62.4 Å². The van der Waals surface area contributed by atoms with Crippen LogP contribution in [0.5, 0.6) is 0 Å². The van der Waals surface area contributed by atoms with E-state index >= 15 is 0 Å². The standard InChI is InChI=1S/C32H44N4O2/c1-6-33-19-25-8-10-26(11-9-25)27-17-28(20-34-21-30-22(3)16-23(4)35-32(30)37)24(5)31(18-27)36(7-2)29-12-14-38-15-13-29/h8-11,16-18,29,33-34H,6-7,12-15,19-21H2,1-5H3,(H,35,37). The highest BCUT2D eigenvalue weighted by Crippen LogP contribution is 2.34. The summed E-state index contributed by atoms with van der Waals surface area (Å²) in [5.41, 5.74) is 10.3.